The van der Waals surface area contributed by atoms with Crippen LogP contribution in [0.1, 0.15) is 40.2 Å². The lowest BCUT2D eigenvalue weighted by molar-refractivity contribution is 0.122. The summed E-state index contributed by atoms with van der Waals surface area (Å²) in [5.41, 5.74) is 0.985. The summed E-state index contributed by atoms with van der Waals surface area (Å²) in [5.74, 6) is 2.02. The fourth-order valence-corrected chi connectivity index (χ4v) is 3.83. The van der Waals surface area contributed by atoms with Crippen molar-refractivity contribution in [3.63, 3.8) is 0 Å². The van der Waals surface area contributed by atoms with Crippen LogP contribution in [0.2, 0.25) is 0 Å². The lowest BCUT2D eigenvalue weighted by atomic mass is 10.2. The Bertz CT molecular complexity index is 1290. The van der Waals surface area contributed by atoms with Crippen molar-refractivity contribution >= 4 is 38.2 Å². The number of nitrogens with zero attached hydrogens (tertiary/aromatic N) is 6. The van der Waals surface area contributed by atoms with Crippen LogP contribution in [-0.2, 0) is 14.6 Å². The number of nitrogens with one attached hydrogen (secondary N) is 1. The number of hydrogen-bond acceptors (Lipinski definition) is 10. The van der Waals surface area contributed by atoms with Crippen LogP contribution >= 0.6 is 0 Å². The summed E-state index contributed by atoms with van der Waals surface area (Å²) in [7, 11) is -3.30. The first-order valence-electron chi connectivity index (χ1n) is 11.7. The van der Waals surface area contributed by atoms with Crippen LogP contribution in [-0.4, -0.2) is 77.1 Å². The van der Waals surface area contributed by atoms with Crippen molar-refractivity contribution < 1.29 is 17.9 Å². The van der Waals surface area contributed by atoms with Crippen LogP contribution in [0, 0.1) is 0 Å². The molecule has 1 atom stereocenters. The van der Waals surface area contributed by atoms with Gasteiger partial charge in [0.05, 0.1) is 24.1 Å². The van der Waals surface area contributed by atoms with E-state index >= 15 is 0 Å². The van der Waals surface area contributed by atoms with Gasteiger partial charge in [0.25, 0.3) is 0 Å². The second kappa shape index (κ2) is 9.94. The predicted octanol–water partition coefficient (Wildman–Crippen LogP) is 2.97. The number of anilines is 3. The first-order chi connectivity index (χ1) is 16.6. The summed E-state index contributed by atoms with van der Waals surface area (Å²) in [5, 5.41) is 9.13. The van der Waals surface area contributed by atoms with Crippen LogP contribution in [0.4, 0.5) is 17.5 Å². The molecular weight excluding hydrogens is 470 g/mol. The van der Waals surface area contributed by atoms with E-state index in [1.54, 1.807) is 26.1 Å². The second-order valence-electron chi connectivity index (χ2n) is 9.38. The molecule has 0 aromatic carbocycles. The third kappa shape index (κ3) is 5.48. The minimum Gasteiger partial charge on any atom is -0.462 e. The highest BCUT2D eigenvalue weighted by Crippen LogP contribution is 2.31. The van der Waals surface area contributed by atoms with Crippen LogP contribution < -0.4 is 15.0 Å². The maximum absolute atomic E-state index is 11.9. The molecule has 1 fully saturated rings. The third-order valence-corrected chi connectivity index (χ3v) is 8.46. The van der Waals surface area contributed by atoms with Crippen molar-refractivity contribution in [2.24, 2.45) is 0 Å². The first-order valence-corrected chi connectivity index (χ1v) is 13.6. The topological polar surface area (TPSA) is 124 Å². The van der Waals surface area contributed by atoms with Gasteiger partial charge in [-0.15, -0.1) is 0 Å². The highest BCUT2D eigenvalue weighted by molar-refractivity contribution is 7.92. The van der Waals surface area contributed by atoms with Crippen molar-refractivity contribution in [3.05, 3.63) is 24.5 Å². The molecule has 0 amide bonds. The van der Waals surface area contributed by atoms with E-state index in [9.17, 15) is 8.42 Å². The predicted molar refractivity (Wildman–Crippen MR) is 135 cm³/mol. The summed E-state index contributed by atoms with van der Waals surface area (Å²) in [6, 6.07) is 3.98. The Hall–Kier alpha value is -2.99. The normalized spacial score (nSPS) is 15.9. The number of fused-ring (bicyclic) bond motifs is 1. The van der Waals surface area contributed by atoms with Crippen molar-refractivity contribution in [1.29, 1.82) is 0 Å². The smallest absolute Gasteiger partial charge is 0.318 e. The number of hydrogen-bond donors (Lipinski definition) is 1. The van der Waals surface area contributed by atoms with Gasteiger partial charge in [-0.1, -0.05) is 6.92 Å². The molecule has 4 rings (SSSR count). The molecule has 3 aromatic rings. The molecule has 190 valence electrons. The molecule has 4 heterocycles. The van der Waals surface area contributed by atoms with Crippen LogP contribution in [0.3, 0.4) is 0 Å². The lowest BCUT2D eigenvalue weighted by Crippen LogP contribution is -2.37. The van der Waals surface area contributed by atoms with Gasteiger partial charge in [-0.25, -0.2) is 18.4 Å². The molecule has 12 heteroatoms. The summed E-state index contributed by atoms with van der Waals surface area (Å²) < 4.78 is 35.9. The molecule has 1 N–H and O–H groups in total. The molecule has 0 aliphatic carbocycles. The SMILES string of the molecule is CC[C@@H](C)n1nc(N2CCOCC2)c2cnc(Nc3ccnc(OCC(C)(C)S(C)(=O)=O)n3)cc21. The van der Waals surface area contributed by atoms with Gasteiger partial charge in [0.2, 0.25) is 0 Å². The summed E-state index contributed by atoms with van der Waals surface area (Å²) in [4.78, 5) is 15.3. The van der Waals surface area contributed by atoms with E-state index in [2.05, 4.69) is 43.7 Å². The van der Waals surface area contributed by atoms with E-state index in [0.29, 0.717) is 24.8 Å². The maximum atomic E-state index is 11.9. The van der Waals surface area contributed by atoms with Crippen molar-refractivity contribution in [3.8, 4) is 6.01 Å². The number of pyridine rings is 1. The highest BCUT2D eigenvalue weighted by Gasteiger charge is 2.31. The number of ether oxygens (including phenoxy) is 2. The van der Waals surface area contributed by atoms with Gasteiger partial charge in [-0.05, 0) is 33.3 Å². The zero-order valence-corrected chi connectivity index (χ0v) is 21.7. The second-order valence-corrected chi connectivity index (χ2v) is 12.0. The Kier molecular flexibility index (Phi) is 7.13. The molecule has 3 aromatic heterocycles. The molecule has 0 unspecified atom stereocenters. The number of rotatable bonds is 9. The third-order valence-electron chi connectivity index (χ3n) is 6.33. The molecule has 11 nitrogen and oxygen atoms in total. The van der Waals surface area contributed by atoms with E-state index in [1.165, 1.54) is 6.26 Å². The van der Waals surface area contributed by atoms with Gasteiger partial charge in [0.15, 0.2) is 15.7 Å². The minimum atomic E-state index is -3.30. The molecule has 0 bridgehead atoms. The first kappa shape index (κ1) is 25.1. The molecule has 35 heavy (non-hydrogen) atoms. The fourth-order valence-electron chi connectivity index (χ4n) is 3.56. The highest BCUT2D eigenvalue weighted by atomic mass is 32.2. The summed E-state index contributed by atoms with van der Waals surface area (Å²) >= 11 is 0. The van der Waals surface area contributed by atoms with Crippen molar-refractivity contribution in [2.45, 2.75) is 44.9 Å². The average molecular weight is 504 g/mol. The van der Waals surface area contributed by atoms with Gasteiger partial charge in [-0.3, -0.25) is 4.68 Å². The largest absolute Gasteiger partial charge is 0.462 e. The fraction of sp³-hybridized carbons (Fsp3) is 0.565. The van der Waals surface area contributed by atoms with E-state index in [-0.39, 0.29) is 18.7 Å². The maximum Gasteiger partial charge on any atom is 0.318 e. The minimum absolute atomic E-state index is 0.0576. The van der Waals surface area contributed by atoms with Crippen LogP contribution in [0.15, 0.2) is 24.5 Å². The van der Waals surface area contributed by atoms with Gasteiger partial charge < -0.3 is 19.7 Å². The van der Waals surface area contributed by atoms with Crippen molar-refractivity contribution in [2.75, 3.05) is 49.4 Å². The molecule has 1 saturated heterocycles. The molecule has 1 aliphatic rings. The zero-order valence-electron chi connectivity index (χ0n) is 20.9. The Morgan fingerprint density at radius 2 is 1.97 bits per heavy atom. The van der Waals surface area contributed by atoms with Crippen LogP contribution in [0.25, 0.3) is 10.9 Å². The number of morpholine rings is 1. The van der Waals surface area contributed by atoms with E-state index in [4.69, 9.17) is 14.6 Å². The average Bonchev–Trinajstić information content (AvgIpc) is 3.21. The van der Waals surface area contributed by atoms with Gasteiger partial charge in [0.1, 0.15) is 23.0 Å². The Labute approximate surface area is 205 Å². The Morgan fingerprint density at radius 1 is 1.23 bits per heavy atom. The van der Waals surface area contributed by atoms with E-state index < -0.39 is 14.6 Å². The standard InChI is InChI=1S/C23H33N7O4S/c1-6-16(2)30-18-13-20(25-14-17(18)21(28-30)29-9-11-33-12-10-29)26-19-7-8-24-22(27-19)34-15-23(3,4)35(5,31)32/h7-8,13-14,16H,6,9-12,15H2,1-5H3,(H,24,25,26,27)/t16-/m1/s1. The zero-order chi connectivity index (χ0) is 25.2. The monoisotopic (exact) mass is 503 g/mol. The number of aromatic nitrogens is 5. The molecule has 0 radical (unpaired) electrons. The van der Waals surface area contributed by atoms with E-state index in [0.717, 1.165) is 36.2 Å². The van der Waals surface area contributed by atoms with Crippen LogP contribution in [0.5, 0.6) is 6.01 Å². The lowest BCUT2D eigenvalue weighted by Gasteiger charge is -2.27. The quantitative estimate of drug-likeness (QED) is 0.466. The van der Waals surface area contributed by atoms with Gasteiger partial charge >= 0.3 is 6.01 Å². The van der Waals surface area contributed by atoms with Gasteiger partial charge in [0, 0.05) is 43.8 Å². The molecule has 1 aliphatic heterocycles. The summed E-state index contributed by atoms with van der Waals surface area (Å²) in [6.45, 7) is 10.4. The van der Waals surface area contributed by atoms with Crippen molar-refractivity contribution in [1.82, 2.24) is 24.7 Å². The van der Waals surface area contributed by atoms with E-state index in [1.807, 2.05) is 12.3 Å². The molecule has 0 spiro atoms. The number of sulfone groups is 1. The van der Waals surface area contributed by atoms with Gasteiger partial charge in [-0.2, -0.15) is 10.1 Å². The Balaban J connectivity index is 1.58. The summed E-state index contributed by atoms with van der Waals surface area (Å²) in [6.07, 6.45) is 5.52. The molecular formula is C23H33N7O4S. The Morgan fingerprint density at radius 3 is 2.66 bits per heavy atom. The molecule has 0 saturated carbocycles.